The number of piperidine rings is 1. The molecule has 0 saturated carbocycles. The Labute approximate surface area is 125 Å². The number of amides is 1. The molecule has 0 spiro atoms. The number of hydrogen-bond acceptors (Lipinski definition) is 4. The molecule has 1 fully saturated rings. The number of nitrogen functional groups attached to an aromatic ring is 1. The van der Waals surface area contributed by atoms with Crippen molar-refractivity contribution in [2.75, 3.05) is 37.3 Å². The van der Waals surface area contributed by atoms with Crippen molar-refractivity contribution in [3.8, 4) is 5.75 Å². The fraction of sp³-hybridized carbons (Fsp3) is 0.562. The smallest absolute Gasteiger partial charge is 0.224 e. The van der Waals surface area contributed by atoms with Gasteiger partial charge in [0.2, 0.25) is 5.91 Å². The van der Waals surface area contributed by atoms with Crippen LogP contribution in [0.5, 0.6) is 5.75 Å². The molecule has 21 heavy (non-hydrogen) atoms. The standard InChI is InChI=1S/C16H23N3O2/c17-13-11-14-12(4-5-16(20)18-14)10-15(13)21-9-8-19-6-2-1-3-7-19/h10-11H,1-9,17H2,(H,18,20). The van der Waals surface area contributed by atoms with Gasteiger partial charge in [-0.3, -0.25) is 9.69 Å². The van der Waals surface area contributed by atoms with E-state index >= 15 is 0 Å². The second-order valence-corrected chi connectivity index (χ2v) is 5.85. The Morgan fingerprint density at radius 1 is 1.19 bits per heavy atom. The van der Waals surface area contributed by atoms with Crippen molar-refractivity contribution in [3.05, 3.63) is 17.7 Å². The van der Waals surface area contributed by atoms with E-state index in [1.165, 1.54) is 32.4 Å². The summed E-state index contributed by atoms with van der Waals surface area (Å²) in [4.78, 5) is 13.8. The Morgan fingerprint density at radius 3 is 2.81 bits per heavy atom. The maximum absolute atomic E-state index is 11.4. The number of nitrogens with two attached hydrogens (primary N) is 1. The van der Waals surface area contributed by atoms with Gasteiger partial charge in [0.1, 0.15) is 12.4 Å². The fourth-order valence-corrected chi connectivity index (χ4v) is 3.02. The van der Waals surface area contributed by atoms with E-state index in [1.807, 2.05) is 12.1 Å². The van der Waals surface area contributed by atoms with Crippen LogP contribution in [0.15, 0.2) is 12.1 Å². The number of fused-ring (bicyclic) bond motifs is 1. The number of anilines is 2. The second-order valence-electron chi connectivity index (χ2n) is 5.85. The number of nitrogens with zero attached hydrogens (tertiary/aromatic N) is 1. The average Bonchev–Trinajstić information content (AvgIpc) is 2.49. The zero-order valence-electron chi connectivity index (χ0n) is 12.4. The Morgan fingerprint density at radius 2 is 2.00 bits per heavy atom. The predicted molar refractivity (Wildman–Crippen MR) is 83.6 cm³/mol. The Bertz CT molecular complexity index is 524. The number of carbonyl (C=O) groups excluding carboxylic acids is 1. The van der Waals surface area contributed by atoms with Gasteiger partial charge in [-0.25, -0.2) is 0 Å². The molecule has 114 valence electrons. The highest BCUT2D eigenvalue weighted by molar-refractivity contribution is 5.94. The highest BCUT2D eigenvalue weighted by atomic mass is 16.5. The van der Waals surface area contributed by atoms with Crippen LogP contribution >= 0.6 is 0 Å². The molecule has 1 aromatic rings. The van der Waals surface area contributed by atoms with Gasteiger partial charge in [0, 0.05) is 18.7 Å². The van der Waals surface area contributed by atoms with Crippen LogP contribution in [0.25, 0.3) is 0 Å². The molecule has 0 atom stereocenters. The molecule has 0 unspecified atom stereocenters. The first-order valence-corrected chi connectivity index (χ1v) is 7.80. The zero-order chi connectivity index (χ0) is 14.7. The molecule has 3 rings (SSSR count). The van der Waals surface area contributed by atoms with Gasteiger partial charge < -0.3 is 15.8 Å². The summed E-state index contributed by atoms with van der Waals surface area (Å²) < 4.78 is 5.85. The predicted octanol–water partition coefficient (Wildman–Crippen LogP) is 2.02. The van der Waals surface area contributed by atoms with Crippen molar-refractivity contribution in [2.24, 2.45) is 0 Å². The van der Waals surface area contributed by atoms with Crippen molar-refractivity contribution in [2.45, 2.75) is 32.1 Å². The van der Waals surface area contributed by atoms with Crippen LogP contribution in [0.4, 0.5) is 11.4 Å². The monoisotopic (exact) mass is 289 g/mol. The van der Waals surface area contributed by atoms with Gasteiger partial charge in [-0.05, 0) is 50.0 Å². The van der Waals surface area contributed by atoms with E-state index in [2.05, 4.69) is 10.2 Å². The number of nitrogens with one attached hydrogen (secondary N) is 1. The van der Waals surface area contributed by atoms with E-state index in [0.717, 1.165) is 30.0 Å². The average molecular weight is 289 g/mol. The minimum atomic E-state index is 0.0562. The number of hydrogen-bond donors (Lipinski definition) is 2. The summed E-state index contributed by atoms with van der Waals surface area (Å²) in [5, 5.41) is 2.85. The quantitative estimate of drug-likeness (QED) is 0.832. The summed E-state index contributed by atoms with van der Waals surface area (Å²) in [6.45, 7) is 3.97. The van der Waals surface area contributed by atoms with Gasteiger partial charge in [-0.2, -0.15) is 0 Å². The third-order valence-electron chi connectivity index (χ3n) is 4.24. The molecule has 1 amide bonds. The Hall–Kier alpha value is -1.75. The minimum Gasteiger partial charge on any atom is -0.490 e. The van der Waals surface area contributed by atoms with Crippen LogP contribution in [0.2, 0.25) is 0 Å². The van der Waals surface area contributed by atoms with E-state index < -0.39 is 0 Å². The van der Waals surface area contributed by atoms with Crippen LogP contribution in [0, 0.1) is 0 Å². The summed E-state index contributed by atoms with van der Waals surface area (Å²) in [5.74, 6) is 0.794. The topological polar surface area (TPSA) is 67.6 Å². The summed E-state index contributed by atoms with van der Waals surface area (Å²) in [5.41, 5.74) is 8.55. The molecule has 2 heterocycles. The van der Waals surface area contributed by atoms with Crippen molar-refractivity contribution in [1.29, 1.82) is 0 Å². The van der Waals surface area contributed by atoms with Crippen LogP contribution in [-0.4, -0.2) is 37.0 Å². The molecule has 5 nitrogen and oxygen atoms in total. The number of benzene rings is 1. The highest BCUT2D eigenvalue weighted by Gasteiger charge is 2.17. The first-order valence-electron chi connectivity index (χ1n) is 7.80. The zero-order valence-corrected chi connectivity index (χ0v) is 12.4. The SMILES string of the molecule is Nc1cc2c(cc1OCCN1CCCCC1)CCC(=O)N2. The van der Waals surface area contributed by atoms with E-state index in [1.54, 1.807) is 0 Å². The molecule has 0 bridgehead atoms. The third-order valence-corrected chi connectivity index (χ3v) is 4.24. The summed E-state index contributed by atoms with van der Waals surface area (Å²) in [7, 11) is 0. The molecular formula is C16H23N3O2. The summed E-state index contributed by atoms with van der Waals surface area (Å²) >= 11 is 0. The molecule has 1 saturated heterocycles. The first-order chi connectivity index (χ1) is 10.2. The van der Waals surface area contributed by atoms with Crippen LogP contribution in [0.1, 0.15) is 31.2 Å². The van der Waals surface area contributed by atoms with Crippen LogP contribution in [0.3, 0.4) is 0 Å². The highest BCUT2D eigenvalue weighted by Crippen LogP contribution is 2.32. The summed E-state index contributed by atoms with van der Waals surface area (Å²) in [6.07, 6.45) is 5.22. The molecule has 1 aromatic carbocycles. The van der Waals surface area contributed by atoms with Crippen molar-refractivity contribution >= 4 is 17.3 Å². The lowest BCUT2D eigenvalue weighted by atomic mass is 10.0. The van der Waals surface area contributed by atoms with Crippen LogP contribution in [-0.2, 0) is 11.2 Å². The van der Waals surface area contributed by atoms with E-state index in [-0.39, 0.29) is 5.91 Å². The molecule has 0 radical (unpaired) electrons. The largest absolute Gasteiger partial charge is 0.490 e. The summed E-state index contributed by atoms with van der Waals surface area (Å²) in [6, 6.07) is 3.78. The van der Waals surface area contributed by atoms with Gasteiger partial charge in [0.25, 0.3) is 0 Å². The number of likely N-dealkylation sites (tertiary alicyclic amines) is 1. The van der Waals surface area contributed by atoms with Crippen molar-refractivity contribution < 1.29 is 9.53 Å². The van der Waals surface area contributed by atoms with E-state index in [0.29, 0.717) is 18.7 Å². The lowest BCUT2D eigenvalue weighted by molar-refractivity contribution is -0.116. The molecule has 5 heteroatoms. The van der Waals surface area contributed by atoms with Crippen molar-refractivity contribution in [1.82, 2.24) is 4.90 Å². The van der Waals surface area contributed by atoms with Gasteiger partial charge in [0.15, 0.2) is 0 Å². The van der Waals surface area contributed by atoms with Crippen molar-refractivity contribution in [3.63, 3.8) is 0 Å². The van der Waals surface area contributed by atoms with E-state index in [4.69, 9.17) is 10.5 Å². The van der Waals surface area contributed by atoms with Crippen LogP contribution < -0.4 is 15.8 Å². The number of ether oxygens (including phenoxy) is 1. The molecule has 0 aliphatic carbocycles. The second kappa shape index (κ2) is 6.35. The lowest BCUT2D eigenvalue weighted by Gasteiger charge is -2.26. The number of aryl methyl sites for hydroxylation is 1. The number of rotatable bonds is 4. The Kier molecular flexibility index (Phi) is 4.29. The molecule has 2 aliphatic rings. The fourth-order valence-electron chi connectivity index (χ4n) is 3.02. The molecular weight excluding hydrogens is 266 g/mol. The molecule has 3 N–H and O–H groups in total. The molecule has 2 aliphatic heterocycles. The van der Waals surface area contributed by atoms with Gasteiger partial charge in [-0.1, -0.05) is 6.42 Å². The number of carbonyl (C=O) groups is 1. The third kappa shape index (κ3) is 3.47. The van der Waals surface area contributed by atoms with Gasteiger partial charge in [0.05, 0.1) is 5.69 Å². The minimum absolute atomic E-state index is 0.0562. The van der Waals surface area contributed by atoms with E-state index in [9.17, 15) is 4.79 Å². The molecule has 0 aromatic heterocycles. The maximum Gasteiger partial charge on any atom is 0.224 e. The first kappa shape index (κ1) is 14.2. The Balaban J connectivity index is 1.59. The normalized spacial score (nSPS) is 19.0. The van der Waals surface area contributed by atoms with Gasteiger partial charge in [-0.15, -0.1) is 0 Å². The lowest BCUT2D eigenvalue weighted by Crippen LogP contribution is -2.33. The van der Waals surface area contributed by atoms with Gasteiger partial charge >= 0.3 is 0 Å². The maximum atomic E-state index is 11.4.